The number of aromatic nitrogens is 2. The molecule has 0 aromatic carbocycles. The molecule has 6 heteroatoms. The summed E-state index contributed by atoms with van der Waals surface area (Å²) in [5.41, 5.74) is 3.99. The van der Waals surface area contributed by atoms with Gasteiger partial charge in [0.1, 0.15) is 5.76 Å². The molecule has 0 N–H and O–H groups in total. The molecule has 2 aliphatic heterocycles. The average molecular weight is 374 g/mol. The number of anilines is 1. The molecule has 5 heterocycles. The van der Waals surface area contributed by atoms with Crippen molar-refractivity contribution >= 4 is 11.6 Å². The van der Waals surface area contributed by atoms with E-state index in [0.717, 1.165) is 31.7 Å². The van der Waals surface area contributed by atoms with E-state index in [-0.39, 0.29) is 11.3 Å². The lowest BCUT2D eigenvalue weighted by Gasteiger charge is -2.25. The van der Waals surface area contributed by atoms with E-state index in [9.17, 15) is 4.79 Å². The molecule has 28 heavy (non-hydrogen) atoms. The van der Waals surface area contributed by atoms with Crippen LogP contribution in [0.25, 0.3) is 0 Å². The number of hydrogen-bond acceptors (Lipinski definition) is 5. The Morgan fingerprint density at radius 3 is 2.89 bits per heavy atom. The van der Waals surface area contributed by atoms with Gasteiger partial charge in [0.25, 0.3) is 5.91 Å². The van der Waals surface area contributed by atoms with Crippen molar-refractivity contribution in [2.75, 3.05) is 24.5 Å². The smallest absolute Gasteiger partial charge is 0.257 e. The van der Waals surface area contributed by atoms with Gasteiger partial charge in [-0.25, -0.2) is 0 Å². The number of aryl methyl sites for hydroxylation is 1. The Morgan fingerprint density at radius 2 is 2.11 bits per heavy atom. The van der Waals surface area contributed by atoms with Crippen molar-refractivity contribution in [1.29, 1.82) is 0 Å². The summed E-state index contributed by atoms with van der Waals surface area (Å²) in [4.78, 5) is 26.3. The Morgan fingerprint density at radius 1 is 1.21 bits per heavy atom. The first kappa shape index (κ1) is 17.0. The van der Waals surface area contributed by atoms with Crippen LogP contribution >= 0.6 is 0 Å². The molecule has 3 aromatic rings. The standard InChI is InChI=1S/C22H22N4O2/c1-16-18(6-11-28-16)21(27)25-10-7-22(14-25)15-26(13-17-4-2-8-23-12-17)19-5-3-9-24-20(19)22/h2-6,8-9,11-12H,7,10,13-15H2,1H3. The molecule has 1 atom stereocenters. The fourth-order valence-electron chi connectivity index (χ4n) is 4.58. The number of pyridine rings is 2. The molecule has 1 amide bonds. The molecular formula is C22H22N4O2. The largest absolute Gasteiger partial charge is 0.469 e. The molecule has 2 aliphatic rings. The van der Waals surface area contributed by atoms with E-state index in [1.807, 2.05) is 36.4 Å². The molecule has 0 saturated carbocycles. The minimum absolute atomic E-state index is 0.0475. The zero-order valence-corrected chi connectivity index (χ0v) is 15.8. The molecule has 0 radical (unpaired) electrons. The van der Waals surface area contributed by atoms with Crippen LogP contribution in [0.1, 0.15) is 33.8 Å². The van der Waals surface area contributed by atoms with E-state index < -0.39 is 0 Å². The van der Waals surface area contributed by atoms with Crippen LogP contribution in [0, 0.1) is 6.92 Å². The number of likely N-dealkylation sites (tertiary alicyclic amines) is 1. The summed E-state index contributed by atoms with van der Waals surface area (Å²) < 4.78 is 5.33. The summed E-state index contributed by atoms with van der Waals surface area (Å²) in [5.74, 6) is 0.723. The summed E-state index contributed by atoms with van der Waals surface area (Å²) in [7, 11) is 0. The Hall–Kier alpha value is -3.15. The number of carbonyl (C=O) groups excluding carboxylic acids is 1. The van der Waals surface area contributed by atoms with Gasteiger partial charge in [0.2, 0.25) is 0 Å². The Labute approximate surface area is 163 Å². The van der Waals surface area contributed by atoms with Crippen molar-refractivity contribution in [3.05, 3.63) is 77.8 Å². The number of furan rings is 1. The van der Waals surface area contributed by atoms with Crippen molar-refractivity contribution in [3.63, 3.8) is 0 Å². The molecule has 5 rings (SSSR count). The average Bonchev–Trinajstić information content (AvgIpc) is 3.42. The van der Waals surface area contributed by atoms with Crippen molar-refractivity contribution < 1.29 is 9.21 Å². The topological polar surface area (TPSA) is 62.5 Å². The van der Waals surface area contributed by atoms with Crippen LogP contribution in [0.4, 0.5) is 5.69 Å². The third kappa shape index (κ3) is 2.68. The first-order valence-corrected chi connectivity index (χ1v) is 9.59. The molecule has 142 valence electrons. The lowest BCUT2D eigenvalue weighted by atomic mass is 9.85. The molecule has 0 bridgehead atoms. The molecule has 6 nitrogen and oxygen atoms in total. The van der Waals surface area contributed by atoms with E-state index in [4.69, 9.17) is 9.40 Å². The van der Waals surface area contributed by atoms with Gasteiger partial charge in [-0.05, 0) is 43.2 Å². The second-order valence-corrected chi connectivity index (χ2v) is 7.74. The minimum atomic E-state index is -0.119. The quantitative estimate of drug-likeness (QED) is 0.705. The monoisotopic (exact) mass is 374 g/mol. The number of nitrogens with zero attached hydrogens (tertiary/aromatic N) is 4. The van der Waals surface area contributed by atoms with Crippen LogP contribution < -0.4 is 4.90 Å². The fraction of sp³-hybridized carbons (Fsp3) is 0.318. The highest BCUT2D eigenvalue weighted by atomic mass is 16.3. The van der Waals surface area contributed by atoms with Gasteiger partial charge >= 0.3 is 0 Å². The number of carbonyl (C=O) groups is 1. The maximum atomic E-state index is 13.0. The number of rotatable bonds is 3. The van der Waals surface area contributed by atoms with Gasteiger partial charge in [-0.3, -0.25) is 14.8 Å². The lowest BCUT2D eigenvalue weighted by molar-refractivity contribution is 0.0782. The molecule has 1 spiro atoms. The third-order valence-electron chi connectivity index (χ3n) is 5.95. The van der Waals surface area contributed by atoms with Gasteiger partial charge in [-0.2, -0.15) is 0 Å². The van der Waals surface area contributed by atoms with Crippen LogP contribution in [0.15, 0.2) is 59.6 Å². The fourth-order valence-corrected chi connectivity index (χ4v) is 4.58. The van der Waals surface area contributed by atoms with E-state index >= 15 is 0 Å². The first-order chi connectivity index (χ1) is 13.7. The van der Waals surface area contributed by atoms with Gasteiger partial charge in [0.05, 0.1) is 28.6 Å². The number of amides is 1. The summed E-state index contributed by atoms with van der Waals surface area (Å²) in [5, 5.41) is 0. The van der Waals surface area contributed by atoms with E-state index in [1.165, 1.54) is 11.3 Å². The van der Waals surface area contributed by atoms with Crippen molar-refractivity contribution in [2.24, 2.45) is 0 Å². The number of fused-ring (bicyclic) bond motifs is 2. The van der Waals surface area contributed by atoms with Crippen LogP contribution in [0.5, 0.6) is 0 Å². The molecule has 1 fully saturated rings. The second-order valence-electron chi connectivity index (χ2n) is 7.74. The lowest BCUT2D eigenvalue weighted by Crippen LogP contribution is -2.38. The van der Waals surface area contributed by atoms with Crippen molar-refractivity contribution in [2.45, 2.75) is 25.3 Å². The maximum absolute atomic E-state index is 13.0. The molecule has 0 aliphatic carbocycles. The summed E-state index contributed by atoms with van der Waals surface area (Å²) in [6.45, 7) is 4.91. The Balaban J connectivity index is 1.43. The van der Waals surface area contributed by atoms with Gasteiger partial charge < -0.3 is 14.2 Å². The van der Waals surface area contributed by atoms with Crippen LogP contribution in [0.2, 0.25) is 0 Å². The Kier molecular flexibility index (Phi) is 3.93. The van der Waals surface area contributed by atoms with Crippen molar-refractivity contribution in [1.82, 2.24) is 14.9 Å². The van der Waals surface area contributed by atoms with Gasteiger partial charge in [0.15, 0.2) is 0 Å². The van der Waals surface area contributed by atoms with E-state index in [0.29, 0.717) is 17.9 Å². The second kappa shape index (κ2) is 6.48. The molecule has 1 unspecified atom stereocenters. The van der Waals surface area contributed by atoms with Crippen LogP contribution in [-0.4, -0.2) is 40.4 Å². The van der Waals surface area contributed by atoms with Gasteiger partial charge in [0, 0.05) is 44.8 Å². The minimum Gasteiger partial charge on any atom is -0.469 e. The van der Waals surface area contributed by atoms with Crippen molar-refractivity contribution in [3.8, 4) is 0 Å². The van der Waals surface area contributed by atoms with E-state index in [2.05, 4.69) is 22.0 Å². The van der Waals surface area contributed by atoms with Gasteiger partial charge in [-0.1, -0.05) is 6.07 Å². The molecular weight excluding hydrogens is 352 g/mol. The Bertz CT molecular complexity index is 1020. The highest BCUT2D eigenvalue weighted by Crippen LogP contribution is 2.45. The van der Waals surface area contributed by atoms with Crippen LogP contribution in [0.3, 0.4) is 0 Å². The normalized spacial score (nSPS) is 20.8. The summed E-state index contributed by atoms with van der Waals surface area (Å²) >= 11 is 0. The number of hydrogen-bond donors (Lipinski definition) is 0. The summed E-state index contributed by atoms with van der Waals surface area (Å²) in [6.07, 6.45) is 8.06. The predicted molar refractivity (Wildman–Crippen MR) is 105 cm³/mol. The van der Waals surface area contributed by atoms with E-state index in [1.54, 1.807) is 18.5 Å². The predicted octanol–water partition coefficient (Wildman–Crippen LogP) is 3.18. The maximum Gasteiger partial charge on any atom is 0.257 e. The molecule has 3 aromatic heterocycles. The SMILES string of the molecule is Cc1occc1C(=O)N1CCC2(C1)CN(Cc1cccnc1)c1cccnc12. The third-order valence-corrected chi connectivity index (χ3v) is 5.95. The first-order valence-electron chi connectivity index (χ1n) is 9.59. The van der Waals surface area contributed by atoms with Crippen LogP contribution in [-0.2, 0) is 12.0 Å². The zero-order chi connectivity index (χ0) is 19.1. The zero-order valence-electron chi connectivity index (χ0n) is 15.8. The van der Waals surface area contributed by atoms with Gasteiger partial charge in [-0.15, -0.1) is 0 Å². The highest BCUT2D eigenvalue weighted by molar-refractivity contribution is 5.95. The highest BCUT2D eigenvalue weighted by Gasteiger charge is 2.49. The molecule has 1 saturated heterocycles. The summed E-state index contributed by atoms with van der Waals surface area (Å²) in [6, 6.07) is 9.95.